The zero-order valence-electron chi connectivity index (χ0n) is 10.8. The van der Waals surface area contributed by atoms with Crippen molar-refractivity contribution in [1.82, 2.24) is 9.97 Å². The molecule has 0 aliphatic heterocycles. The van der Waals surface area contributed by atoms with E-state index in [1.54, 1.807) is 0 Å². The van der Waals surface area contributed by atoms with Gasteiger partial charge in [-0.05, 0) is 25.7 Å². The van der Waals surface area contributed by atoms with E-state index in [9.17, 15) is 4.79 Å². The summed E-state index contributed by atoms with van der Waals surface area (Å²) in [4.78, 5) is 19.8. The van der Waals surface area contributed by atoms with Crippen molar-refractivity contribution in [2.24, 2.45) is 0 Å². The van der Waals surface area contributed by atoms with E-state index in [0.29, 0.717) is 12.3 Å². The molecule has 0 bridgehead atoms. The van der Waals surface area contributed by atoms with E-state index in [0.717, 1.165) is 19.3 Å². The van der Waals surface area contributed by atoms with Crippen LogP contribution in [0.3, 0.4) is 0 Å². The van der Waals surface area contributed by atoms with Crippen molar-refractivity contribution in [3.8, 4) is 5.88 Å². The lowest BCUT2D eigenvalue weighted by Crippen LogP contribution is -2.15. The van der Waals surface area contributed by atoms with Gasteiger partial charge in [-0.15, -0.1) is 0 Å². The van der Waals surface area contributed by atoms with Crippen molar-refractivity contribution in [3.05, 3.63) is 22.9 Å². The Labute approximate surface area is 117 Å². The summed E-state index contributed by atoms with van der Waals surface area (Å²) < 4.78 is 4.97. The second-order valence-corrected chi connectivity index (χ2v) is 4.78. The number of halogens is 1. The molecule has 2 rings (SSSR count). The summed E-state index contributed by atoms with van der Waals surface area (Å²) in [6, 6.07) is 1.49. The van der Waals surface area contributed by atoms with Gasteiger partial charge >= 0.3 is 0 Å². The third-order valence-electron chi connectivity index (χ3n) is 2.90. The lowest BCUT2D eigenvalue weighted by Gasteiger charge is -2.12. The van der Waals surface area contributed by atoms with Crippen molar-refractivity contribution in [1.29, 1.82) is 0 Å². The number of allylic oxidation sites excluding steroid dienone is 1. The van der Waals surface area contributed by atoms with Crippen LogP contribution >= 0.6 is 11.6 Å². The normalized spacial score (nSPS) is 14.7. The first-order valence-electron chi connectivity index (χ1n) is 6.23. The summed E-state index contributed by atoms with van der Waals surface area (Å²) >= 11 is 5.81. The number of rotatable bonds is 4. The molecule has 1 amide bonds. The molecule has 1 aliphatic carbocycles. The molecule has 0 fully saturated rings. The summed E-state index contributed by atoms with van der Waals surface area (Å²) in [7, 11) is 1.48. The third-order valence-corrected chi connectivity index (χ3v) is 3.10. The average Bonchev–Trinajstić information content (AvgIpc) is 2.38. The molecule has 0 radical (unpaired) electrons. The van der Waals surface area contributed by atoms with E-state index < -0.39 is 0 Å². The van der Waals surface area contributed by atoms with Gasteiger partial charge in [-0.1, -0.05) is 23.3 Å². The summed E-state index contributed by atoms with van der Waals surface area (Å²) in [5.41, 5.74) is 1.18. The first-order chi connectivity index (χ1) is 9.17. The quantitative estimate of drug-likeness (QED) is 0.681. The molecular formula is C13H16ClN3O2. The minimum absolute atomic E-state index is 0.127. The van der Waals surface area contributed by atoms with E-state index in [2.05, 4.69) is 21.4 Å². The molecule has 102 valence electrons. The highest BCUT2D eigenvalue weighted by Gasteiger charge is 2.11. The van der Waals surface area contributed by atoms with Crippen molar-refractivity contribution in [2.75, 3.05) is 12.4 Å². The molecule has 6 heteroatoms. The highest BCUT2D eigenvalue weighted by Crippen LogP contribution is 2.21. The van der Waals surface area contributed by atoms with Gasteiger partial charge in [0.15, 0.2) is 0 Å². The fraction of sp³-hybridized carbons (Fsp3) is 0.462. The van der Waals surface area contributed by atoms with Crippen LogP contribution in [0.15, 0.2) is 17.7 Å². The number of ether oxygens (including phenoxy) is 1. The second-order valence-electron chi connectivity index (χ2n) is 4.39. The van der Waals surface area contributed by atoms with Crippen LogP contribution in [0, 0.1) is 0 Å². The van der Waals surface area contributed by atoms with E-state index in [1.165, 1.54) is 25.2 Å². The van der Waals surface area contributed by atoms with E-state index in [1.807, 2.05) is 0 Å². The van der Waals surface area contributed by atoms with Gasteiger partial charge in [0.1, 0.15) is 5.15 Å². The van der Waals surface area contributed by atoms with Gasteiger partial charge in [0.2, 0.25) is 17.7 Å². The number of nitrogens with one attached hydrogen (secondary N) is 1. The summed E-state index contributed by atoms with van der Waals surface area (Å²) in [5, 5.41) is 2.87. The van der Waals surface area contributed by atoms with Gasteiger partial charge in [-0.3, -0.25) is 10.1 Å². The number of aromatic nitrogens is 2. The highest BCUT2D eigenvalue weighted by molar-refractivity contribution is 6.29. The van der Waals surface area contributed by atoms with Gasteiger partial charge in [0.25, 0.3) is 0 Å². The molecule has 0 aromatic carbocycles. The van der Waals surface area contributed by atoms with Crippen LogP contribution in [0.2, 0.25) is 5.15 Å². The van der Waals surface area contributed by atoms with Gasteiger partial charge in [-0.25, -0.2) is 4.98 Å². The molecule has 1 heterocycles. The monoisotopic (exact) mass is 281 g/mol. The zero-order chi connectivity index (χ0) is 13.7. The van der Waals surface area contributed by atoms with Gasteiger partial charge in [0, 0.05) is 12.5 Å². The van der Waals surface area contributed by atoms with Crippen LogP contribution in [0.1, 0.15) is 32.1 Å². The topological polar surface area (TPSA) is 64.1 Å². The smallest absolute Gasteiger partial charge is 0.234 e. The SMILES string of the molecule is COc1cc(Cl)nc(NC(=O)CC2=CCCCC2)n1. The second kappa shape index (κ2) is 6.52. The lowest BCUT2D eigenvalue weighted by molar-refractivity contribution is -0.115. The lowest BCUT2D eigenvalue weighted by atomic mass is 9.97. The van der Waals surface area contributed by atoms with E-state index in [-0.39, 0.29) is 17.0 Å². The first kappa shape index (κ1) is 13.8. The molecule has 1 N–H and O–H groups in total. The van der Waals surface area contributed by atoms with Gasteiger partial charge in [0.05, 0.1) is 7.11 Å². The van der Waals surface area contributed by atoms with Crippen LogP contribution in [0.25, 0.3) is 0 Å². The number of hydrogen-bond acceptors (Lipinski definition) is 4. The maximum absolute atomic E-state index is 11.9. The van der Waals surface area contributed by atoms with Gasteiger partial charge in [-0.2, -0.15) is 4.98 Å². The Balaban J connectivity index is 1.98. The molecule has 19 heavy (non-hydrogen) atoms. The predicted molar refractivity (Wildman–Crippen MR) is 73.4 cm³/mol. The molecule has 0 spiro atoms. The minimum Gasteiger partial charge on any atom is -0.481 e. The van der Waals surface area contributed by atoms with Gasteiger partial charge < -0.3 is 4.74 Å². The molecule has 0 saturated heterocycles. The van der Waals surface area contributed by atoms with Crippen molar-refractivity contribution < 1.29 is 9.53 Å². The Morgan fingerprint density at radius 1 is 1.47 bits per heavy atom. The van der Waals surface area contributed by atoms with Crippen LogP contribution in [-0.4, -0.2) is 23.0 Å². The fourth-order valence-electron chi connectivity index (χ4n) is 2.00. The number of carbonyl (C=O) groups is 1. The summed E-state index contributed by atoms with van der Waals surface area (Å²) in [5.74, 6) is 0.371. The van der Waals surface area contributed by atoms with Crippen molar-refractivity contribution >= 4 is 23.5 Å². The standard InChI is InChI=1S/C13H16ClN3O2/c1-19-12-8-10(14)15-13(17-12)16-11(18)7-9-5-3-2-4-6-9/h5,8H,2-4,6-7H2,1H3,(H,15,16,17,18). The van der Waals surface area contributed by atoms with Crippen molar-refractivity contribution in [2.45, 2.75) is 32.1 Å². The maximum atomic E-state index is 11.9. The fourth-order valence-corrected chi connectivity index (χ4v) is 2.17. The summed E-state index contributed by atoms with van der Waals surface area (Å²) in [6.07, 6.45) is 6.94. The first-order valence-corrected chi connectivity index (χ1v) is 6.61. The van der Waals surface area contributed by atoms with Crippen LogP contribution < -0.4 is 10.1 Å². The third kappa shape index (κ3) is 4.21. The summed E-state index contributed by atoms with van der Waals surface area (Å²) in [6.45, 7) is 0. The number of anilines is 1. The molecule has 0 saturated carbocycles. The van der Waals surface area contributed by atoms with Crippen LogP contribution in [0.5, 0.6) is 5.88 Å². The average molecular weight is 282 g/mol. The number of carbonyl (C=O) groups excluding carboxylic acids is 1. The Morgan fingerprint density at radius 3 is 3.00 bits per heavy atom. The zero-order valence-corrected chi connectivity index (χ0v) is 11.5. The number of methoxy groups -OCH3 is 1. The molecule has 5 nitrogen and oxygen atoms in total. The Bertz CT molecular complexity index is 503. The predicted octanol–water partition coefficient (Wildman–Crippen LogP) is 2.97. The van der Waals surface area contributed by atoms with Crippen molar-refractivity contribution in [3.63, 3.8) is 0 Å². The molecule has 0 unspecified atom stereocenters. The molecule has 1 aromatic heterocycles. The molecular weight excluding hydrogens is 266 g/mol. The van der Waals surface area contributed by atoms with Crippen LogP contribution in [0.4, 0.5) is 5.95 Å². The number of hydrogen-bond donors (Lipinski definition) is 1. The molecule has 1 aliphatic rings. The largest absolute Gasteiger partial charge is 0.481 e. The minimum atomic E-state index is -0.127. The number of amides is 1. The molecule has 0 atom stereocenters. The Kier molecular flexibility index (Phi) is 4.74. The Morgan fingerprint density at radius 2 is 2.32 bits per heavy atom. The van der Waals surface area contributed by atoms with E-state index in [4.69, 9.17) is 16.3 Å². The van der Waals surface area contributed by atoms with Crippen LogP contribution in [-0.2, 0) is 4.79 Å². The maximum Gasteiger partial charge on any atom is 0.234 e. The van der Waals surface area contributed by atoms with E-state index >= 15 is 0 Å². The Hall–Kier alpha value is -1.62. The number of nitrogens with zero attached hydrogens (tertiary/aromatic N) is 2. The highest BCUT2D eigenvalue weighted by atomic mass is 35.5. The molecule has 1 aromatic rings.